The number of nitrogens with one attached hydrogen (secondary N) is 2. The molecule has 0 spiro atoms. The van der Waals surface area contributed by atoms with Crippen LogP contribution < -0.4 is 5.32 Å². The molecule has 0 bridgehead atoms. The lowest BCUT2D eigenvalue weighted by Crippen LogP contribution is -2.31. The Hall–Kier alpha value is -2.60. The van der Waals surface area contributed by atoms with Gasteiger partial charge in [0, 0.05) is 17.8 Å². The number of carbonyl (C=O) groups is 2. The predicted octanol–water partition coefficient (Wildman–Crippen LogP) is 2.76. The minimum atomic E-state index is -0.685. The molecule has 6 heteroatoms. The summed E-state index contributed by atoms with van der Waals surface area (Å²) in [5.41, 5.74) is 3.43. The number of aliphatic hydroxyl groups is 1. The predicted molar refractivity (Wildman–Crippen MR) is 99.0 cm³/mol. The van der Waals surface area contributed by atoms with Crippen LogP contribution in [-0.2, 0) is 9.53 Å². The number of aromatic nitrogens is 1. The second-order valence-corrected chi connectivity index (χ2v) is 6.53. The minimum absolute atomic E-state index is 0.165. The van der Waals surface area contributed by atoms with Gasteiger partial charge < -0.3 is 20.1 Å². The molecule has 3 N–H and O–H groups in total. The highest BCUT2D eigenvalue weighted by Crippen LogP contribution is 2.24. The first-order chi connectivity index (χ1) is 12.3. The molecule has 1 heterocycles. The van der Waals surface area contributed by atoms with Crippen LogP contribution in [0.3, 0.4) is 0 Å². The number of benzene rings is 1. The van der Waals surface area contributed by atoms with Gasteiger partial charge in [0.1, 0.15) is 5.69 Å². The Bertz CT molecular complexity index is 766. The molecular weight excluding hydrogens is 332 g/mol. The second kappa shape index (κ2) is 8.67. The Morgan fingerprint density at radius 1 is 1.19 bits per heavy atom. The molecule has 0 aliphatic heterocycles. The van der Waals surface area contributed by atoms with Gasteiger partial charge in [-0.15, -0.1) is 0 Å². The van der Waals surface area contributed by atoms with E-state index in [1.54, 1.807) is 20.8 Å². The molecule has 2 aromatic rings. The summed E-state index contributed by atoms with van der Waals surface area (Å²) in [5.74, 6) is -0.792. The van der Waals surface area contributed by atoms with Gasteiger partial charge in [-0.3, -0.25) is 4.79 Å². The van der Waals surface area contributed by atoms with Gasteiger partial charge in [-0.25, -0.2) is 4.79 Å². The van der Waals surface area contributed by atoms with E-state index < -0.39 is 12.1 Å². The maximum atomic E-state index is 12.2. The SMILES string of the molecule is Cc1[nH]c(C(=O)OCC(=O)NC[C@@H](C)c2ccccc2)c(C)c1[C@H](C)O. The van der Waals surface area contributed by atoms with Crippen molar-refractivity contribution in [2.45, 2.75) is 39.7 Å². The van der Waals surface area contributed by atoms with Crippen molar-refractivity contribution in [3.8, 4) is 0 Å². The summed E-state index contributed by atoms with van der Waals surface area (Å²) in [6.45, 7) is 7.30. The number of aliphatic hydroxyl groups excluding tert-OH is 1. The zero-order chi connectivity index (χ0) is 19.3. The minimum Gasteiger partial charge on any atom is -0.451 e. The highest BCUT2D eigenvalue weighted by molar-refractivity contribution is 5.91. The molecule has 0 saturated carbocycles. The summed E-state index contributed by atoms with van der Waals surface area (Å²) in [4.78, 5) is 27.1. The summed E-state index contributed by atoms with van der Waals surface area (Å²) in [6.07, 6.45) is -0.685. The maximum Gasteiger partial charge on any atom is 0.355 e. The van der Waals surface area contributed by atoms with Crippen LogP contribution in [-0.4, -0.2) is 35.1 Å². The van der Waals surface area contributed by atoms with E-state index in [0.29, 0.717) is 23.4 Å². The molecule has 1 aromatic carbocycles. The molecule has 1 aromatic heterocycles. The highest BCUT2D eigenvalue weighted by atomic mass is 16.5. The summed E-state index contributed by atoms with van der Waals surface area (Å²) in [7, 11) is 0. The third-order valence-electron chi connectivity index (χ3n) is 4.43. The number of esters is 1. The Labute approximate surface area is 153 Å². The average Bonchev–Trinajstić information content (AvgIpc) is 2.92. The first-order valence-corrected chi connectivity index (χ1v) is 8.67. The van der Waals surface area contributed by atoms with E-state index in [2.05, 4.69) is 10.3 Å². The van der Waals surface area contributed by atoms with Gasteiger partial charge in [0.2, 0.25) is 0 Å². The molecule has 6 nitrogen and oxygen atoms in total. The molecule has 140 valence electrons. The Morgan fingerprint density at radius 2 is 1.85 bits per heavy atom. The molecule has 0 aliphatic carbocycles. The molecule has 2 rings (SSSR count). The number of aryl methyl sites for hydroxylation is 1. The molecule has 0 fully saturated rings. The Balaban J connectivity index is 1.86. The highest BCUT2D eigenvalue weighted by Gasteiger charge is 2.21. The summed E-state index contributed by atoms with van der Waals surface area (Å²) >= 11 is 0. The monoisotopic (exact) mass is 358 g/mol. The van der Waals surface area contributed by atoms with E-state index in [9.17, 15) is 14.7 Å². The topological polar surface area (TPSA) is 91.4 Å². The van der Waals surface area contributed by atoms with Gasteiger partial charge in [-0.2, -0.15) is 0 Å². The van der Waals surface area contributed by atoms with Gasteiger partial charge in [0.05, 0.1) is 6.10 Å². The van der Waals surface area contributed by atoms with Gasteiger partial charge >= 0.3 is 5.97 Å². The van der Waals surface area contributed by atoms with Crippen LogP contribution >= 0.6 is 0 Å². The van der Waals surface area contributed by atoms with Gasteiger partial charge in [0.15, 0.2) is 6.61 Å². The number of aromatic amines is 1. The van der Waals surface area contributed by atoms with Crippen LogP contribution in [0.15, 0.2) is 30.3 Å². The van der Waals surface area contributed by atoms with Crippen molar-refractivity contribution in [1.29, 1.82) is 0 Å². The van der Waals surface area contributed by atoms with Crippen LogP contribution in [0.2, 0.25) is 0 Å². The van der Waals surface area contributed by atoms with Gasteiger partial charge in [-0.1, -0.05) is 37.3 Å². The van der Waals surface area contributed by atoms with Crippen LogP contribution in [0, 0.1) is 13.8 Å². The molecule has 0 aliphatic rings. The van der Waals surface area contributed by atoms with Crippen LogP contribution in [0.1, 0.15) is 58.7 Å². The van der Waals surface area contributed by atoms with Crippen molar-refractivity contribution < 1.29 is 19.4 Å². The zero-order valence-corrected chi connectivity index (χ0v) is 15.6. The lowest BCUT2D eigenvalue weighted by atomic mass is 10.0. The van der Waals surface area contributed by atoms with E-state index in [0.717, 1.165) is 5.56 Å². The third-order valence-corrected chi connectivity index (χ3v) is 4.43. The van der Waals surface area contributed by atoms with Gasteiger partial charge in [0.25, 0.3) is 5.91 Å². The fourth-order valence-corrected chi connectivity index (χ4v) is 3.02. The quantitative estimate of drug-likeness (QED) is 0.664. The van der Waals surface area contributed by atoms with E-state index in [1.807, 2.05) is 37.3 Å². The molecule has 26 heavy (non-hydrogen) atoms. The van der Waals surface area contributed by atoms with Crippen molar-refractivity contribution in [2.75, 3.05) is 13.2 Å². The number of ether oxygens (including phenoxy) is 1. The first-order valence-electron chi connectivity index (χ1n) is 8.67. The van der Waals surface area contributed by atoms with Crippen LogP contribution in [0.5, 0.6) is 0 Å². The zero-order valence-electron chi connectivity index (χ0n) is 15.6. The number of rotatable bonds is 7. The van der Waals surface area contributed by atoms with E-state index in [-0.39, 0.29) is 24.1 Å². The Morgan fingerprint density at radius 3 is 2.42 bits per heavy atom. The number of hydrogen-bond donors (Lipinski definition) is 3. The average molecular weight is 358 g/mol. The van der Waals surface area contributed by atoms with Crippen molar-refractivity contribution >= 4 is 11.9 Å². The van der Waals surface area contributed by atoms with Gasteiger partial charge in [-0.05, 0) is 37.8 Å². The number of hydrogen-bond acceptors (Lipinski definition) is 4. The molecule has 0 saturated heterocycles. The lowest BCUT2D eigenvalue weighted by Gasteiger charge is -2.13. The number of H-pyrrole nitrogens is 1. The third kappa shape index (κ3) is 4.73. The molecule has 2 atom stereocenters. The standard InChI is InChI=1S/C20H26N2O4/c1-12(16-8-6-5-7-9-16)10-21-17(24)11-26-20(25)19-13(2)18(15(4)23)14(3)22-19/h5-9,12,15,22-23H,10-11H2,1-4H3,(H,21,24)/t12-,15+/m1/s1. The smallest absolute Gasteiger partial charge is 0.355 e. The first kappa shape index (κ1) is 19.7. The number of amides is 1. The van der Waals surface area contributed by atoms with Crippen molar-refractivity contribution in [3.05, 3.63) is 58.4 Å². The van der Waals surface area contributed by atoms with Crippen molar-refractivity contribution in [1.82, 2.24) is 10.3 Å². The summed E-state index contributed by atoms with van der Waals surface area (Å²) in [6, 6.07) is 9.87. The van der Waals surface area contributed by atoms with Crippen LogP contribution in [0.4, 0.5) is 0 Å². The van der Waals surface area contributed by atoms with E-state index in [1.165, 1.54) is 0 Å². The van der Waals surface area contributed by atoms with Crippen molar-refractivity contribution in [2.24, 2.45) is 0 Å². The van der Waals surface area contributed by atoms with Crippen molar-refractivity contribution in [3.63, 3.8) is 0 Å². The fraction of sp³-hybridized carbons (Fsp3) is 0.400. The summed E-state index contributed by atoms with van der Waals surface area (Å²) in [5, 5.41) is 12.5. The van der Waals surface area contributed by atoms with E-state index in [4.69, 9.17) is 4.74 Å². The normalized spacial score (nSPS) is 13.1. The fourth-order valence-electron chi connectivity index (χ4n) is 3.02. The maximum absolute atomic E-state index is 12.2. The molecule has 1 amide bonds. The summed E-state index contributed by atoms with van der Waals surface area (Å²) < 4.78 is 5.09. The van der Waals surface area contributed by atoms with Crippen LogP contribution in [0.25, 0.3) is 0 Å². The number of carbonyl (C=O) groups excluding carboxylic acids is 2. The molecule has 0 unspecified atom stereocenters. The Kier molecular flexibility index (Phi) is 6.58. The largest absolute Gasteiger partial charge is 0.451 e. The second-order valence-electron chi connectivity index (χ2n) is 6.53. The lowest BCUT2D eigenvalue weighted by molar-refractivity contribution is -0.124. The van der Waals surface area contributed by atoms with E-state index >= 15 is 0 Å². The molecular formula is C20H26N2O4. The molecule has 0 radical (unpaired) electrons.